The van der Waals surface area contributed by atoms with Crippen molar-refractivity contribution in [3.63, 3.8) is 0 Å². The monoisotopic (exact) mass is 449 g/mol. The minimum atomic E-state index is -1.07. The van der Waals surface area contributed by atoms with Crippen molar-refractivity contribution in [1.29, 1.82) is 0 Å². The highest BCUT2D eigenvalue weighted by atomic mass is 16.5. The molecule has 2 N–H and O–H groups in total. The van der Waals surface area contributed by atoms with Gasteiger partial charge in [-0.3, -0.25) is 14.5 Å². The molecular weight excluding hydrogens is 422 g/mol. The van der Waals surface area contributed by atoms with Crippen LogP contribution < -0.4 is 20.1 Å². The summed E-state index contributed by atoms with van der Waals surface area (Å²) in [5.41, 5.74) is 2.68. The molecule has 5 rings (SSSR count). The average molecular weight is 450 g/mol. The molecule has 0 aromatic heterocycles. The predicted molar refractivity (Wildman–Crippen MR) is 120 cm³/mol. The van der Waals surface area contributed by atoms with Crippen molar-refractivity contribution in [3.8, 4) is 11.5 Å². The summed E-state index contributed by atoms with van der Waals surface area (Å²) in [5, 5.41) is 5.66. The van der Waals surface area contributed by atoms with E-state index in [2.05, 4.69) is 10.6 Å². The van der Waals surface area contributed by atoms with Crippen molar-refractivity contribution in [1.82, 2.24) is 15.5 Å². The summed E-state index contributed by atoms with van der Waals surface area (Å²) in [6, 6.07) is 10.9. The number of imide groups is 1. The van der Waals surface area contributed by atoms with Crippen molar-refractivity contribution >= 4 is 17.8 Å². The molecule has 0 bridgehead atoms. The quantitative estimate of drug-likeness (QED) is 0.661. The predicted octanol–water partition coefficient (Wildman–Crippen LogP) is 2.42. The summed E-state index contributed by atoms with van der Waals surface area (Å²) in [5.74, 6) is 0.707. The van der Waals surface area contributed by atoms with Crippen LogP contribution in [-0.4, -0.2) is 42.0 Å². The van der Waals surface area contributed by atoms with Gasteiger partial charge in [-0.25, -0.2) is 4.79 Å². The molecule has 8 heteroatoms. The number of benzene rings is 2. The van der Waals surface area contributed by atoms with Crippen molar-refractivity contribution in [2.24, 2.45) is 0 Å². The normalized spacial score (nSPS) is 22.7. The number of hydrogen-bond donors (Lipinski definition) is 2. The van der Waals surface area contributed by atoms with E-state index < -0.39 is 17.5 Å². The molecular formula is C25H27N3O5. The van der Waals surface area contributed by atoms with Gasteiger partial charge in [0.05, 0.1) is 6.61 Å². The van der Waals surface area contributed by atoms with Crippen molar-refractivity contribution in [2.75, 3.05) is 13.2 Å². The number of aryl methyl sites for hydroxylation is 1. The van der Waals surface area contributed by atoms with Crippen molar-refractivity contribution in [3.05, 3.63) is 58.7 Å². The van der Waals surface area contributed by atoms with Gasteiger partial charge >= 0.3 is 6.03 Å². The van der Waals surface area contributed by atoms with Gasteiger partial charge in [-0.2, -0.15) is 0 Å². The molecule has 0 saturated carbocycles. The van der Waals surface area contributed by atoms with Gasteiger partial charge in [-0.15, -0.1) is 0 Å². The molecule has 8 nitrogen and oxygen atoms in total. The molecule has 172 valence electrons. The first-order valence-electron chi connectivity index (χ1n) is 11.4. The molecule has 33 heavy (non-hydrogen) atoms. The van der Waals surface area contributed by atoms with Gasteiger partial charge in [0.2, 0.25) is 5.91 Å². The number of urea groups is 1. The maximum absolute atomic E-state index is 13.2. The lowest BCUT2D eigenvalue weighted by Gasteiger charge is -2.22. The highest BCUT2D eigenvalue weighted by Crippen LogP contribution is 2.41. The highest BCUT2D eigenvalue weighted by Gasteiger charge is 2.55. The van der Waals surface area contributed by atoms with E-state index in [1.807, 2.05) is 50.2 Å². The van der Waals surface area contributed by atoms with Crippen LogP contribution in [0, 0.1) is 0 Å². The van der Waals surface area contributed by atoms with Crippen LogP contribution in [0.25, 0.3) is 0 Å². The van der Waals surface area contributed by atoms with E-state index in [4.69, 9.17) is 9.47 Å². The number of hydrogen-bond acceptors (Lipinski definition) is 5. The summed E-state index contributed by atoms with van der Waals surface area (Å²) in [6.45, 7) is 4.29. The van der Waals surface area contributed by atoms with E-state index in [1.54, 1.807) is 0 Å². The summed E-state index contributed by atoms with van der Waals surface area (Å²) in [4.78, 5) is 39.6. The summed E-state index contributed by atoms with van der Waals surface area (Å²) < 4.78 is 11.6. The SMILES string of the molecule is CCOc1cc2c(cc1CNC(=O)CN1C(=O)N[C@@]3(CCc4ccccc43)C1=O)O[C@@H](C)C2. The van der Waals surface area contributed by atoms with E-state index in [9.17, 15) is 14.4 Å². The molecule has 2 atom stereocenters. The van der Waals surface area contributed by atoms with Gasteiger partial charge in [0.1, 0.15) is 29.7 Å². The largest absolute Gasteiger partial charge is 0.494 e. The number of nitrogens with zero attached hydrogens (tertiary/aromatic N) is 1. The number of rotatable bonds is 6. The maximum atomic E-state index is 13.2. The molecule has 4 amide bonds. The minimum Gasteiger partial charge on any atom is -0.494 e. The number of fused-ring (bicyclic) bond motifs is 3. The number of carbonyl (C=O) groups excluding carboxylic acids is 3. The third-order valence-electron chi connectivity index (χ3n) is 6.58. The van der Waals surface area contributed by atoms with Gasteiger partial charge in [-0.05, 0) is 49.9 Å². The van der Waals surface area contributed by atoms with Gasteiger partial charge in [-0.1, -0.05) is 24.3 Å². The fraction of sp³-hybridized carbons (Fsp3) is 0.400. The van der Waals surface area contributed by atoms with Crippen LogP contribution in [0.2, 0.25) is 0 Å². The zero-order chi connectivity index (χ0) is 23.2. The van der Waals surface area contributed by atoms with Crippen LogP contribution in [0.3, 0.4) is 0 Å². The van der Waals surface area contributed by atoms with Gasteiger partial charge in [0, 0.05) is 24.1 Å². The Bertz CT molecular complexity index is 1150. The zero-order valence-electron chi connectivity index (χ0n) is 18.8. The fourth-order valence-corrected chi connectivity index (χ4v) is 5.04. The average Bonchev–Trinajstić information content (AvgIpc) is 3.42. The van der Waals surface area contributed by atoms with E-state index in [-0.39, 0.29) is 25.1 Å². The second-order valence-corrected chi connectivity index (χ2v) is 8.79. The standard InChI is InChI=1S/C25H27N3O5/c1-3-32-20-11-17-10-15(2)33-21(17)12-18(20)13-26-22(29)14-28-23(30)25(27-24(28)31)9-8-16-6-4-5-7-19(16)25/h4-7,11-12,15H,3,8-10,13-14H2,1-2H3,(H,26,29)(H,27,31)/t15-,25+/m0/s1. The summed E-state index contributed by atoms with van der Waals surface area (Å²) in [6.07, 6.45) is 2.13. The first kappa shape index (κ1) is 21.3. The van der Waals surface area contributed by atoms with Crippen LogP contribution >= 0.6 is 0 Å². The summed E-state index contributed by atoms with van der Waals surface area (Å²) in [7, 11) is 0. The molecule has 2 aromatic rings. The molecule has 0 radical (unpaired) electrons. The Morgan fingerprint density at radius 3 is 2.91 bits per heavy atom. The fourth-order valence-electron chi connectivity index (χ4n) is 5.04. The molecule has 2 heterocycles. The van der Waals surface area contributed by atoms with Crippen LogP contribution in [0.5, 0.6) is 11.5 Å². The Morgan fingerprint density at radius 1 is 1.27 bits per heavy atom. The van der Waals surface area contributed by atoms with Crippen LogP contribution in [0.1, 0.15) is 42.5 Å². The molecule has 0 unspecified atom stereocenters. The lowest BCUT2D eigenvalue weighted by atomic mass is 9.92. The minimum absolute atomic E-state index is 0.104. The second-order valence-electron chi connectivity index (χ2n) is 8.79. The van der Waals surface area contributed by atoms with Crippen LogP contribution in [0.15, 0.2) is 36.4 Å². The van der Waals surface area contributed by atoms with Gasteiger partial charge in [0.15, 0.2) is 0 Å². The highest BCUT2D eigenvalue weighted by molar-refractivity contribution is 6.09. The molecule has 3 aliphatic rings. The Hall–Kier alpha value is -3.55. The van der Waals surface area contributed by atoms with E-state index in [0.717, 1.165) is 39.3 Å². The Balaban J connectivity index is 1.27. The number of amides is 4. The summed E-state index contributed by atoms with van der Waals surface area (Å²) >= 11 is 0. The Labute approximate surface area is 192 Å². The maximum Gasteiger partial charge on any atom is 0.325 e. The third-order valence-corrected chi connectivity index (χ3v) is 6.58. The molecule has 1 saturated heterocycles. The third kappa shape index (κ3) is 3.59. The van der Waals surface area contributed by atoms with Crippen molar-refractivity contribution in [2.45, 2.75) is 51.3 Å². The molecule has 2 aromatic carbocycles. The molecule has 1 aliphatic carbocycles. The van der Waals surface area contributed by atoms with E-state index in [0.29, 0.717) is 25.2 Å². The lowest BCUT2D eigenvalue weighted by molar-refractivity contribution is -0.135. The van der Waals surface area contributed by atoms with Crippen LogP contribution in [0.4, 0.5) is 4.79 Å². The number of ether oxygens (including phenoxy) is 2. The number of nitrogens with one attached hydrogen (secondary N) is 2. The lowest BCUT2D eigenvalue weighted by Crippen LogP contribution is -2.43. The van der Waals surface area contributed by atoms with Gasteiger partial charge in [0.25, 0.3) is 5.91 Å². The molecule has 1 spiro atoms. The van der Waals surface area contributed by atoms with E-state index >= 15 is 0 Å². The Morgan fingerprint density at radius 2 is 2.09 bits per heavy atom. The smallest absolute Gasteiger partial charge is 0.325 e. The van der Waals surface area contributed by atoms with Crippen LogP contribution in [-0.2, 0) is 34.5 Å². The van der Waals surface area contributed by atoms with E-state index in [1.165, 1.54) is 0 Å². The molecule has 2 aliphatic heterocycles. The zero-order valence-corrected chi connectivity index (χ0v) is 18.8. The second kappa shape index (κ2) is 8.10. The first-order valence-corrected chi connectivity index (χ1v) is 11.4. The van der Waals surface area contributed by atoms with Crippen molar-refractivity contribution < 1.29 is 23.9 Å². The topological polar surface area (TPSA) is 97.0 Å². The van der Waals surface area contributed by atoms with Gasteiger partial charge < -0.3 is 20.1 Å². The molecule has 1 fully saturated rings. The first-order chi connectivity index (χ1) is 15.9. The Kier molecular flexibility index (Phi) is 5.23. The number of carbonyl (C=O) groups is 3.